The standard InChI is InChI=1S/C21H27N3O2Si/c1-21(2,3)27(4,5)25-15-11-7-10-14-18-19(22)20(24-16-23-18)26-17-12-8-6-9-13-17/h6-9,11-13,16H,15,22H2,1-5H3. The highest BCUT2D eigenvalue weighted by Gasteiger charge is 2.36. The van der Waals surface area contributed by atoms with Crippen LogP contribution in [0.25, 0.3) is 0 Å². The van der Waals surface area contributed by atoms with Crippen molar-refractivity contribution in [2.75, 3.05) is 12.3 Å². The molecule has 0 spiro atoms. The Morgan fingerprint density at radius 1 is 1.15 bits per heavy atom. The number of hydrogen-bond acceptors (Lipinski definition) is 5. The number of aromatic nitrogens is 2. The van der Waals surface area contributed by atoms with Crippen molar-refractivity contribution in [1.82, 2.24) is 9.97 Å². The molecule has 0 radical (unpaired) electrons. The van der Waals surface area contributed by atoms with E-state index in [-0.39, 0.29) is 5.04 Å². The number of rotatable bonds is 5. The summed E-state index contributed by atoms with van der Waals surface area (Å²) in [6, 6.07) is 9.33. The highest BCUT2D eigenvalue weighted by molar-refractivity contribution is 6.74. The second kappa shape index (κ2) is 8.85. The summed E-state index contributed by atoms with van der Waals surface area (Å²) in [6.07, 6.45) is 5.06. The number of benzene rings is 1. The molecule has 2 N–H and O–H groups in total. The molecule has 0 saturated heterocycles. The molecular weight excluding hydrogens is 354 g/mol. The summed E-state index contributed by atoms with van der Waals surface area (Å²) in [5.74, 6) is 6.82. The van der Waals surface area contributed by atoms with E-state index in [9.17, 15) is 0 Å². The third-order valence-electron chi connectivity index (χ3n) is 4.54. The van der Waals surface area contributed by atoms with Crippen LogP contribution in [0.2, 0.25) is 18.1 Å². The number of nitrogens with two attached hydrogens (primary N) is 1. The molecule has 2 aromatic rings. The minimum atomic E-state index is -1.74. The van der Waals surface area contributed by atoms with Gasteiger partial charge in [0, 0.05) is 0 Å². The van der Waals surface area contributed by atoms with E-state index in [0.717, 1.165) is 0 Å². The van der Waals surface area contributed by atoms with E-state index in [1.165, 1.54) is 6.33 Å². The maximum absolute atomic E-state index is 6.08. The molecule has 6 heteroatoms. The van der Waals surface area contributed by atoms with Crippen molar-refractivity contribution in [2.24, 2.45) is 0 Å². The van der Waals surface area contributed by atoms with Crippen LogP contribution in [0.4, 0.5) is 5.69 Å². The summed E-state index contributed by atoms with van der Waals surface area (Å²) < 4.78 is 11.8. The molecule has 0 aliphatic carbocycles. The molecule has 0 aliphatic rings. The van der Waals surface area contributed by atoms with E-state index in [1.807, 2.05) is 36.4 Å². The Bertz CT molecular complexity index is 847. The maximum Gasteiger partial charge on any atom is 0.247 e. The molecule has 5 nitrogen and oxygen atoms in total. The van der Waals surface area contributed by atoms with Crippen LogP contribution in [0.3, 0.4) is 0 Å². The summed E-state index contributed by atoms with van der Waals surface area (Å²) in [6.45, 7) is 11.7. The summed E-state index contributed by atoms with van der Waals surface area (Å²) in [4.78, 5) is 8.20. The molecule has 0 unspecified atom stereocenters. The van der Waals surface area contributed by atoms with E-state index < -0.39 is 8.32 Å². The largest absolute Gasteiger partial charge is 0.437 e. The zero-order valence-corrected chi connectivity index (χ0v) is 17.6. The van der Waals surface area contributed by atoms with Crippen LogP contribution in [0.1, 0.15) is 26.5 Å². The van der Waals surface area contributed by atoms with Crippen LogP contribution < -0.4 is 10.5 Å². The second-order valence-electron chi connectivity index (χ2n) is 7.60. The number of hydrogen-bond donors (Lipinski definition) is 1. The van der Waals surface area contributed by atoms with Gasteiger partial charge in [-0.05, 0) is 42.3 Å². The molecule has 0 fully saturated rings. The van der Waals surface area contributed by atoms with Crippen LogP contribution >= 0.6 is 0 Å². The van der Waals surface area contributed by atoms with Gasteiger partial charge in [-0.1, -0.05) is 51.0 Å². The van der Waals surface area contributed by atoms with Gasteiger partial charge in [0.2, 0.25) is 5.88 Å². The van der Waals surface area contributed by atoms with Crippen LogP contribution in [0.5, 0.6) is 11.6 Å². The van der Waals surface area contributed by atoms with Gasteiger partial charge in [-0.25, -0.2) is 4.98 Å². The first-order valence-electron chi connectivity index (χ1n) is 8.84. The molecule has 0 aliphatic heterocycles. The lowest BCUT2D eigenvalue weighted by Crippen LogP contribution is -2.40. The van der Waals surface area contributed by atoms with Gasteiger partial charge in [0.1, 0.15) is 23.5 Å². The Balaban J connectivity index is 1.99. The molecule has 142 valence electrons. The summed E-state index contributed by atoms with van der Waals surface area (Å²) in [5.41, 5.74) is 6.84. The van der Waals surface area contributed by atoms with Gasteiger partial charge in [-0.2, -0.15) is 4.98 Å². The minimum Gasteiger partial charge on any atom is -0.437 e. The van der Waals surface area contributed by atoms with Gasteiger partial charge in [0.15, 0.2) is 8.32 Å². The average Bonchev–Trinajstić information content (AvgIpc) is 2.61. The van der Waals surface area contributed by atoms with Crippen molar-refractivity contribution in [2.45, 2.75) is 38.9 Å². The van der Waals surface area contributed by atoms with Crippen molar-refractivity contribution in [3.8, 4) is 23.5 Å². The lowest BCUT2D eigenvalue weighted by molar-refractivity contribution is 0.328. The number of para-hydroxylation sites is 1. The first-order valence-corrected chi connectivity index (χ1v) is 11.8. The molecule has 0 bridgehead atoms. The van der Waals surface area contributed by atoms with Crippen LogP contribution in [0.15, 0.2) is 48.8 Å². The highest BCUT2D eigenvalue weighted by Crippen LogP contribution is 2.36. The van der Waals surface area contributed by atoms with Gasteiger partial charge in [0.05, 0.1) is 6.61 Å². The summed E-state index contributed by atoms with van der Waals surface area (Å²) >= 11 is 0. The fourth-order valence-electron chi connectivity index (χ4n) is 1.85. The van der Waals surface area contributed by atoms with Crippen molar-refractivity contribution < 1.29 is 9.16 Å². The van der Waals surface area contributed by atoms with Gasteiger partial charge in [-0.3, -0.25) is 0 Å². The maximum atomic E-state index is 6.08. The summed E-state index contributed by atoms with van der Waals surface area (Å²) in [5, 5.41) is 0.192. The first kappa shape index (κ1) is 20.7. The molecule has 0 saturated carbocycles. The van der Waals surface area contributed by atoms with Gasteiger partial charge < -0.3 is 14.9 Å². The van der Waals surface area contributed by atoms with Gasteiger partial charge >= 0.3 is 0 Å². The van der Waals surface area contributed by atoms with Crippen molar-refractivity contribution in [3.05, 3.63) is 54.5 Å². The second-order valence-corrected chi connectivity index (χ2v) is 12.4. The Hall–Kier alpha value is -2.62. The number of anilines is 1. The Morgan fingerprint density at radius 2 is 1.85 bits per heavy atom. The third kappa shape index (κ3) is 5.95. The fraction of sp³-hybridized carbons (Fsp3) is 0.333. The molecule has 1 aromatic heterocycles. The summed E-state index contributed by atoms with van der Waals surface area (Å²) in [7, 11) is -1.74. The highest BCUT2D eigenvalue weighted by atomic mass is 28.4. The van der Waals surface area contributed by atoms with Crippen molar-refractivity contribution in [1.29, 1.82) is 0 Å². The van der Waals surface area contributed by atoms with E-state index in [4.69, 9.17) is 14.9 Å². The number of ether oxygens (including phenoxy) is 1. The Labute approximate surface area is 162 Å². The van der Waals surface area contributed by atoms with Crippen LogP contribution in [0, 0.1) is 11.8 Å². The van der Waals surface area contributed by atoms with Crippen molar-refractivity contribution >= 4 is 14.0 Å². The lowest BCUT2D eigenvalue weighted by atomic mass is 10.2. The Morgan fingerprint density at radius 3 is 2.52 bits per heavy atom. The van der Waals surface area contributed by atoms with Crippen LogP contribution in [-0.2, 0) is 4.43 Å². The predicted molar refractivity (Wildman–Crippen MR) is 112 cm³/mol. The zero-order chi connectivity index (χ0) is 19.9. The van der Waals surface area contributed by atoms with Gasteiger partial charge in [0.25, 0.3) is 0 Å². The van der Waals surface area contributed by atoms with Crippen molar-refractivity contribution in [3.63, 3.8) is 0 Å². The fourth-order valence-corrected chi connectivity index (χ4v) is 2.80. The van der Waals surface area contributed by atoms with E-state index in [2.05, 4.69) is 55.7 Å². The topological polar surface area (TPSA) is 70.3 Å². The Kier molecular flexibility index (Phi) is 6.78. The molecule has 2 rings (SSSR count). The molecule has 1 aromatic carbocycles. The third-order valence-corrected chi connectivity index (χ3v) is 9.04. The molecule has 27 heavy (non-hydrogen) atoms. The number of nitrogens with zero attached hydrogens (tertiary/aromatic N) is 2. The van der Waals surface area contributed by atoms with E-state index in [0.29, 0.717) is 29.6 Å². The molecule has 0 amide bonds. The number of nitrogen functional groups attached to an aromatic ring is 1. The zero-order valence-electron chi connectivity index (χ0n) is 16.6. The molecule has 1 heterocycles. The normalized spacial score (nSPS) is 11.9. The predicted octanol–water partition coefficient (Wildman–Crippen LogP) is 4.78. The van der Waals surface area contributed by atoms with E-state index in [1.54, 1.807) is 6.08 Å². The lowest BCUT2D eigenvalue weighted by Gasteiger charge is -2.35. The monoisotopic (exact) mass is 381 g/mol. The first-order chi connectivity index (χ1) is 12.7. The average molecular weight is 382 g/mol. The minimum absolute atomic E-state index is 0.192. The van der Waals surface area contributed by atoms with Gasteiger partial charge in [-0.15, -0.1) is 0 Å². The SMILES string of the molecule is CC(C)(C)[Si](C)(C)OCC=CC#Cc1ncnc(Oc2ccccc2)c1N. The smallest absolute Gasteiger partial charge is 0.247 e. The van der Waals surface area contributed by atoms with E-state index >= 15 is 0 Å². The quantitative estimate of drug-likeness (QED) is 0.596. The van der Waals surface area contributed by atoms with Crippen LogP contribution in [-0.4, -0.2) is 24.9 Å². The molecular formula is C21H27N3O2Si. The molecule has 0 atom stereocenters. The number of allylic oxidation sites excluding steroid dienone is 1.